The normalized spacial score (nSPS) is 14.4. The van der Waals surface area contributed by atoms with Crippen molar-refractivity contribution in [2.45, 2.75) is 12.8 Å². The van der Waals surface area contributed by atoms with Gasteiger partial charge in [0.25, 0.3) is 0 Å². The van der Waals surface area contributed by atoms with Gasteiger partial charge in [0.15, 0.2) is 11.5 Å². The summed E-state index contributed by atoms with van der Waals surface area (Å²) in [4.78, 5) is 0. The van der Waals surface area contributed by atoms with Crippen LogP contribution in [0.15, 0.2) is 48.5 Å². The largest absolute Gasteiger partial charge is 0.497 e. The summed E-state index contributed by atoms with van der Waals surface area (Å²) in [5.74, 6) is 2.83. The highest BCUT2D eigenvalue weighted by Gasteiger charge is 2.14. The van der Waals surface area contributed by atoms with Crippen molar-refractivity contribution >= 4 is 6.08 Å². The second-order valence-electron chi connectivity index (χ2n) is 5.03. The van der Waals surface area contributed by atoms with Crippen molar-refractivity contribution in [3.8, 4) is 17.2 Å². The number of benzene rings is 2. The summed E-state index contributed by atoms with van der Waals surface area (Å²) >= 11 is 0. The summed E-state index contributed by atoms with van der Waals surface area (Å²) in [6, 6.07) is 14.1. The number of fused-ring (bicyclic) bond motifs is 1. The molecular formula is C18H18O3. The first-order valence-corrected chi connectivity index (χ1v) is 6.98. The number of hydrogen-bond acceptors (Lipinski definition) is 3. The van der Waals surface area contributed by atoms with Crippen LogP contribution in [0.2, 0.25) is 0 Å². The third kappa shape index (κ3) is 3.02. The summed E-state index contributed by atoms with van der Waals surface area (Å²) in [5.41, 5.74) is 2.37. The molecule has 0 aromatic heterocycles. The summed E-state index contributed by atoms with van der Waals surface area (Å²) in [6.07, 6.45) is 4.30. The van der Waals surface area contributed by atoms with Gasteiger partial charge in [0.2, 0.25) is 6.79 Å². The van der Waals surface area contributed by atoms with Gasteiger partial charge in [0.05, 0.1) is 7.11 Å². The van der Waals surface area contributed by atoms with Crippen molar-refractivity contribution in [3.63, 3.8) is 0 Å². The number of allylic oxidation sites excluding steroid dienone is 1. The van der Waals surface area contributed by atoms with Gasteiger partial charge in [-0.25, -0.2) is 0 Å². The van der Waals surface area contributed by atoms with E-state index < -0.39 is 0 Å². The molecule has 1 aliphatic rings. The van der Waals surface area contributed by atoms with Gasteiger partial charge in [0, 0.05) is 0 Å². The molecule has 0 unspecified atom stereocenters. The average molecular weight is 282 g/mol. The number of rotatable bonds is 4. The van der Waals surface area contributed by atoms with Gasteiger partial charge in [-0.2, -0.15) is 0 Å². The predicted octanol–water partition coefficient (Wildman–Crippen LogP) is 4.24. The van der Waals surface area contributed by atoms with Gasteiger partial charge in [-0.1, -0.05) is 37.3 Å². The molecule has 0 spiro atoms. The zero-order valence-electron chi connectivity index (χ0n) is 12.2. The van der Waals surface area contributed by atoms with Crippen molar-refractivity contribution in [2.24, 2.45) is 0 Å². The third-order valence-corrected chi connectivity index (χ3v) is 3.62. The Kier molecular flexibility index (Phi) is 3.82. The van der Waals surface area contributed by atoms with E-state index >= 15 is 0 Å². The van der Waals surface area contributed by atoms with Gasteiger partial charge < -0.3 is 14.2 Å². The molecule has 1 aliphatic heterocycles. The van der Waals surface area contributed by atoms with E-state index in [9.17, 15) is 0 Å². The number of ether oxygens (including phenoxy) is 3. The lowest BCUT2D eigenvalue weighted by atomic mass is 9.99. The lowest BCUT2D eigenvalue weighted by molar-refractivity contribution is 0.174. The van der Waals surface area contributed by atoms with Crippen LogP contribution < -0.4 is 14.2 Å². The first-order valence-electron chi connectivity index (χ1n) is 6.98. The van der Waals surface area contributed by atoms with E-state index in [1.807, 2.05) is 36.4 Å². The zero-order chi connectivity index (χ0) is 14.7. The van der Waals surface area contributed by atoms with Crippen LogP contribution >= 0.6 is 0 Å². The van der Waals surface area contributed by atoms with Crippen LogP contribution in [-0.4, -0.2) is 13.9 Å². The van der Waals surface area contributed by atoms with Crippen LogP contribution in [0.25, 0.3) is 6.08 Å². The average Bonchev–Trinajstić information content (AvgIpc) is 3.00. The Hall–Kier alpha value is -2.42. The summed E-state index contributed by atoms with van der Waals surface area (Å²) in [7, 11) is 1.67. The summed E-state index contributed by atoms with van der Waals surface area (Å²) in [5, 5.41) is 0. The molecule has 108 valence electrons. The van der Waals surface area contributed by atoms with Crippen LogP contribution in [0.5, 0.6) is 17.2 Å². The van der Waals surface area contributed by atoms with E-state index in [1.54, 1.807) is 7.11 Å². The minimum Gasteiger partial charge on any atom is -0.497 e. The minimum absolute atomic E-state index is 0.307. The maximum atomic E-state index is 5.42. The van der Waals surface area contributed by atoms with E-state index in [0.29, 0.717) is 12.7 Å². The first-order chi connectivity index (χ1) is 10.3. The molecule has 3 rings (SSSR count). The highest BCUT2D eigenvalue weighted by Crippen LogP contribution is 2.34. The molecule has 1 heterocycles. The monoisotopic (exact) mass is 282 g/mol. The molecule has 1 atom stereocenters. The van der Waals surface area contributed by atoms with Gasteiger partial charge in [-0.05, 0) is 41.3 Å². The molecule has 0 fully saturated rings. The SMILES string of the molecule is COc1ccc(/C=C/[C@@H](C)c2ccc3c(c2)OCO3)cc1. The van der Waals surface area contributed by atoms with Gasteiger partial charge >= 0.3 is 0 Å². The van der Waals surface area contributed by atoms with E-state index in [-0.39, 0.29) is 0 Å². The molecule has 21 heavy (non-hydrogen) atoms. The maximum absolute atomic E-state index is 5.42. The number of methoxy groups -OCH3 is 1. The molecule has 0 saturated heterocycles. The van der Waals surface area contributed by atoms with Crippen LogP contribution in [0.3, 0.4) is 0 Å². The van der Waals surface area contributed by atoms with Crippen molar-refractivity contribution in [2.75, 3.05) is 13.9 Å². The van der Waals surface area contributed by atoms with Gasteiger partial charge in [0.1, 0.15) is 5.75 Å². The molecule has 3 heteroatoms. The minimum atomic E-state index is 0.307. The molecule has 0 radical (unpaired) electrons. The summed E-state index contributed by atoms with van der Waals surface area (Å²) in [6.45, 7) is 2.48. The fraction of sp³-hybridized carbons (Fsp3) is 0.222. The Labute approximate surface area is 124 Å². The standard InChI is InChI=1S/C18H18O3/c1-13(3-4-14-5-8-16(19-2)9-6-14)15-7-10-17-18(11-15)21-12-20-17/h3-11,13H,12H2,1-2H3/b4-3+/t13-/m1/s1. The Morgan fingerprint density at radius 1 is 1.05 bits per heavy atom. The molecule has 0 aliphatic carbocycles. The molecule has 2 aromatic rings. The molecule has 0 saturated carbocycles. The molecule has 2 aromatic carbocycles. The van der Waals surface area contributed by atoms with Crippen molar-refractivity contribution in [1.82, 2.24) is 0 Å². The topological polar surface area (TPSA) is 27.7 Å². The van der Waals surface area contributed by atoms with Gasteiger partial charge in [-0.15, -0.1) is 0 Å². The van der Waals surface area contributed by atoms with E-state index in [2.05, 4.69) is 25.1 Å². The molecule has 0 N–H and O–H groups in total. The van der Waals surface area contributed by atoms with E-state index in [4.69, 9.17) is 14.2 Å². The lowest BCUT2D eigenvalue weighted by Gasteiger charge is -2.08. The van der Waals surface area contributed by atoms with Crippen molar-refractivity contribution in [1.29, 1.82) is 0 Å². The molecule has 0 amide bonds. The Bertz CT molecular complexity index is 644. The third-order valence-electron chi connectivity index (χ3n) is 3.62. The maximum Gasteiger partial charge on any atom is 0.231 e. The van der Waals surface area contributed by atoms with Crippen LogP contribution in [0.4, 0.5) is 0 Å². The smallest absolute Gasteiger partial charge is 0.231 e. The Balaban J connectivity index is 1.72. The van der Waals surface area contributed by atoms with Crippen LogP contribution in [0.1, 0.15) is 24.0 Å². The molecule has 0 bridgehead atoms. The first kappa shape index (κ1) is 13.6. The quantitative estimate of drug-likeness (QED) is 0.839. The lowest BCUT2D eigenvalue weighted by Crippen LogP contribution is -1.93. The van der Waals surface area contributed by atoms with E-state index in [1.165, 1.54) is 5.56 Å². The fourth-order valence-corrected chi connectivity index (χ4v) is 2.28. The Morgan fingerprint density at radius 3 is 2.57 bits per heavy atom. The second kappa shape index (κ2) is 5.92. The highest BCUT2D eigenvalue weighted by molar-refractivity contribution is 5.53. The number of hydrogen-bond donors (Lipinski definition) is 0. The van der Waals surface area contributed by atoms with Crippen LogP contribution in [0, 0.1) is 0 Å². The van der Waals surface area contributed by atoms with Crippen LogP contribution in [-0.2, 0) is 0 Å². The van der Waals surface area contributed by atoms with Crippen molar-refractivity contribution < 1.29 is 14.2 Å². The second-order valence-corrected chi connectivity index (χ2v) is 5.03. The highest BCUT2D eigenvalue weighted by atomic mass is 16.7. The Morgan fingerprint density at radius 2 is 1.81 bits per heavy atom. The molecular weight excluding hydrogens is 264 g/mol. The van der Waals surface area contributed by atoms with Crippen molar-refractivity contribution in [3.05, 3.63) is 59.7 Å². The fourth-order valence-electron chi connectivity index (χ4n) is 2.28. The zero-order valence-corrected chi connectivity index (χ0v) is 12.2. The van der Waals surface area contributed by atoms with Gasteiger partial charge in [-0.3, -0.25) is 0 Å². The summed E-state index contributed by atoms with van der Waals surface area (Å²) < 4.78 is 15.9. The predicted molar refractivity (Wildman–Crippen MR) is 83.0 cm³/mol. The molecule has 3 nitrogen and oxygen atoms in total. The van der Waals surface area contributed by atoms with E-state index in [0.717, 1.165) is 22.8 Å².